The number of ether oxygens (including phenoxy) is 2. The molecular weight excluding hydrogens is 226 g/mol. The highest BCUT2D eigenvalue weighted by Crippen LogP contribution is 2.38. The van der Waals surface area contributed by atoms with Crippen molar-refractivity contribution in [3.8, 4) is 11.5 Å². The van der Waals surface area contributed by atoms with E-state index in [1.807, 2.05) is 0 Å². The molecule has 98 valence electrons. The summed E-state index contributed by atoms with van der Waals surface area (Å²) in [6.07, 6.45) is 4.61. The number of benzene rings is 1. The first-order valence-electron chi connectivity index (χ1n) is 6.92. The summed E-state index contributed by atoms with van der Waals surface area (Å²) in [6, 6.07) is 4.41. The molecule has 0 bridgehead atoms. The van der Waals surface area contributed by atoms with Gasteiger partial charge in [0.1, 0.15) is 0 Å². The summed E-state index contributed by atoms with van der Waals surface area (Å²) in [7, 11) is 0. The Kier molecular flexibility index (Phi) is 3.16. The molecule has 3 rings (SSSR count). The van der Waals surface area contributed by atoms with Crippen molar-refractivity contribution in [2.45, 2.75) is 38.6 Å². The van der Waals surface area contributed by atoms with Crippen molar-refractivity contribution in [2.24, 2.45) is 11.7 Å². The van der Waals surface area contributed by atoms with Gasteiger partial charge in [0, 0.05) is 12.0 Å². The zero-order valence-electron chi connectivity index (χ0n) is 10.9. The van der Waals surface area contributed by atoms with Crippen LogP contribution in [0.5, 0.6) is 11.5 Å². The fraction of sp³-hybridized carbons (Fsp3) is 0.600. The molecule has 1 aliphatic heterocycles. The first-order valence-corrected chi connectivity index (χ1v) is 6.92. The van der Waals surface area contributed by atoms with E-state index < -0.39 is 0 Å². The Labute approximate surface area is 108 Å². The summed E-state index contributed by atoms with van der Waals surface area (Å²) in [6.45, 7) is 3.60. The van der Waals surface area contributed by atoms with Crippen molar-refractivity contribution in [3.63, 3.8) is 0 Å². The molecule has 0 saturated carbocycles. The third kappa shape index (κ3) is 2.19. The number of rotatable bonds is 0. The van der Waals surface area contributed by atoms with Gasteiger partial charge in [-0.3, -0.25) is 0 Å². The van der Waals surface area contributed by atoms with Gasteiger partial charge in [-0.2, -0.15) is 0 Å². The molecule has 3 nitrogen and oxygen atoms in total. The van der Waals surface area contributed by atoms with Gasteiger partial charge in [0.2, 0.25) is 0 Å². The highest BCUT2D eigenvalue weighted by molar-refractivity contribution is 5.49. The van der Waals surface area contributed by atoms with Crippen molar-refractivity contribution in [1.29, 1.82) is 0 Å². The molecule has 2 aliphatic rings. The predicted octanol–water partition coefficient (Wildman–Crippen LogP) is 2.82. The molecule has 2 atom stereocenters. The van der Waals surface area contributed by atoms with Crippen LogP contribution in [-0.2, 0) is 6.42 Å². The minimum Gasteiger partial charge on any atom is -0.489 e. The molecule has 3 heteroatoms. The first kappa shape index (κ1) is 11.8. The molecule has 0 saturated heterocycles. The van der Waals surface area contributed by atoms with Crippen LogP contribution in [-0.4, -0.2) is 13.2 Å². The molecule has 1 aromatic carbocycles. The van der Waals surface area contributed by atoms with Gasteiger partial charge in [-0.15, -0.1) is 0 Å². The lowest BCUT2D eigenvalue weighted by atomic mass is 9.99. The van der Waals surface area contributed by atoms with E-state index in [1.54, 1.807) is 0 Å². The Morgan fingerprint density at radius 3 is 2.61 bits per heavy atom. The van der Waals surface area contributed by atoms with Crippen molar-refractivity contribution < 1.29 is 9.47 Å². The fourth-order valence-electron chi connectivity index (χ4n) is 2.75. The summed E-state index contributed by atoms with van der Waals surface area (Å²) >= 11 is 0. The molecule has 0 amide bonds. The van der Waals surface area contributed by atoms with E-state index in [-0.39, 0.29) is 6.04 Å². The second-order valence-electron chi connectivity index (χ2n) is 5.58. The van der Waals surface area contributed by atoms with Crippen LogP contribution in [0.15, 0.2) is 12.1 Å². The predicted molar refractivity (Wildman–Crippen MR) is 71.1 cm³/mol. The number of aryl methyl sites for hydroxylation is 1. The van der Waals surface area contributed by atoms with Crippen LogP contribution in [0.4, 0.5) is 0 Å². The van der Waals surface area contributed by atoms with Crippen LogP contribution in [0.2, 0.25) is 0 Å². The van der Waals surface area contributed by atoms with E-state index in [2.05, 4.69) is 19.1 Å². The highest BCUT2D eigenvalue weighted by Gasteiger charge is 2.21. The lowest BCUT2D eigenvalue weighted by molar-refractivity contribution is 0.228. The third-order valence-electron chi connectivity index (χ3n) is 3.86. The second-order valence-corrected chi connectivity index (χ2v) is 5.58. The van der Waals surface area contributed by atoms with Gasteiger partial charge >= 0.3 is 0 Å². The number of fused-ring (bicyclic) bond motifs is 2. The molecular formula is C15H21NO2. The zero-order valence-corrected chi connectivity index (χ0v) is 10.9. The molecule has 0 fully saturated rings. The van der Waals surface area contributed by atoms with Gasteiger partial charge in [0.15, 0.2) is 11.5 Å². The summed E-state index contributed by atoms with van der Waals surface area (Å²) in [4.78, 5) is 0. The Hall–Kier alpha value is -1.22. The maximum Gasteiger partial charge on any atom is 0.161 e. The van der Waals surface area contributed by atoms with Crippen LogP contribution < -0.4 is 15.2 Å². The number of nitrogens with two attached hydrogens (primary N) is 1. The Morgan fingerprint density at radius 2 is 1.83 bits per heavy atom. The summed E-state index contributed by atoms with van der Waals surface area (Å²) in [5.41, 5.74) is 8.85. The molecule has 0 radical (unpaired) electrons. The smallest absolute Gasteiger partial charge is 0.161 e. The quantitative estimate of drug-likeness (QED) is 0.717. The standard InChI is InChI=1S/C15H21NO2/c1-10-8-17-14-6-11-4-2-3-5-13(16)12(11)7-15(14)18-9-10/h6-7,10,13H,2-5,8-9,16H2,1H3/t10?,13-/m0/s1. The maximum absolute atomic E-state index is 6.25. The zero-order chi connectivity index (χ0) is 12.5. The molecule has 1 heterocycles. The monoisotopic (exact) mass is 247 g/mol. The van der Waals surface area contributed by atoms with E-state index in [0.29, 0.717) is 5.92 Å². The normalized spacial score (nSPS) is 27.0. The minimum atomic E-state index is 0.150. The van der Waals surface area contributed by atoms with Gasteiger partial charge in [0.25, 0.3) is 0 Å². The molecule has 0 aromatic heterocycles. The van der Waals surface area contributed by atoms with Gasteiger partial charge in [-0.25, -0.2) is 0 Å². The van der Waals surface area contributed by atoms with Crippen molar-refractivity contribution in [1.82, 2.24) is 0 Å². The van der Waals surface area contributed by atoms with Gasteiger partial charge in [-0.1, -0.05) is 13.3 Å². The lowest BCUT2D eigenvalue weighted by Crippen LogP contribution is -2.12. The first-order chi connectivity index (χ1) is 8.74. The van der Waals surface area contributed by atoms with Crippen LogP contribution >= 0.6 is 0 Å². The van der Waals surface area contributed by atoms with Crippen molar-refractivity contribution >= 4 is 0 Å². The molecule has 1 aromatic rings. The molecule has 2 N–H and O–H groups in total. The van der Waals surface area contributed by atoms with Crippen molar-refractivity contribution in [2.75, 3.05) is 13.2 Å². The Morgan fingerprint density at radius 1 is 1.11 bits per heavy atom. The second kappa shape index (κ2) is 4.81. The highest BCUT2D eigenvalue weighted by atomic mass is 16.5. The Balaban J connectivity index is 2.00. The minimum absolute atomic E-state index is 0.150. The van der Waals surface area contributed by atoms with E-state index in [4.69, 9.17) is 15.2 Å². The third-order valence-corrected chi connectivity index (χ3v) is 3.86. The average molecular weight is 247 g/mol. The maximum atomic E-state index is 6.25. The van der Waals surface area contributed by atoms with Crippen molar-refractivity contribution in [3.05, 3.63) is 23.3 Å². The van der Waals surface area contributed by atoms with Gasteiger partial charge in [0.05, 0.1) is 13.2 Å². The van der Waals surface area contributed by atoms with Crippen LogP contribution in [0.3, 0.4) is 0 Å². The molecule has 0 spiro atoms. The molecule has 1 unspecified atom stereocenters. The van der Waals surface area contributed by atoms with Gasteiger partial charge < -0.3 is 15.2 Å². The number of hydrogen-bond acceptors (Lipinski definition) is 3. The summed E-state index contributed by atoms with van der Waals surface area (Å²) in [5, 5.41) is 0. The topological polar surface area (TPSA) is 44.5 Å². The van der Waals surface area contributed by atoms with E-state index in [1.165, 1.54) is 24.0 Å². The SMILES string of the molecule is CC1COc2cc3c(cc2OC1)[C@@H](N)CCCC3. The van der Waals surface area contributed by atoms with Crippen LogP contribution in [0, 0.1) is 5.92 Å². The molecule has 18 heavy (non-hydrogen) atoms. The molecule has 1 aliphatic carbocycles. The summed E-state index contributed by atoms with van der Waals surface area (Å²) in [5.74, 6) is 2.20. The van der Waals surface area contributed by atoms with Crippen LogP contribution in [0.25, 0.3) is 0 Å². The summed E-state index contributed by atoms with van der Waals surface area (Å²) < 4.78 is 11.7. The fourth-order valence-corrected chi connectivity index (χ4v) is 2.75. The Bertz CT molecular complexity index is 444. The average Bonchev–Trinajstić information content (AvgIpc) is 2.66. The van der Waals surface area contributed by atoms with Crippen LogP contribution in [0.1, 0.15) is 43.4 Å². The number of hydrogen-bond donors (Lipinski definition) is 1. The van der Waals surface area contributed by atoms with E-state index >= 15 is 0 Å². The largest absolute Gasteiger partial charge is 0.489 e. The van der Waals surface area contributed by atoms with Gasteiger partial charge in [-0.05, 0) is 42.5 Å². The lowest BCUT2D eigenvalue weighted by Gasteiger charge is -2.16. The van der Waals surface area contributed by atoms with E-state index in [0.717, 1.165) is 37.6 Å². The van der Waals surface area contributed by atoms with E-state index in [9.17, 15) is 0 Å².